The summed E-state index contributed by atoms with van der Waals surface area (Å²) in [6.45, 7) is -0.343. The van der Waals surface area contributed by atoms with Crippen LogP contribution in [0.2, 0.25) is 0 Å². The summed E-state index contributed by atoms with van der Waals surface area (Å²) in [6, 6.07) is 0. The molecule has 0 fully saturated rings. The van der Waals surface area contributed by atoms with E-state index in [9.17, 15) is 38.5 Å². The molecule has 0 saturated heterocycles. The molecule has 210 valence electrons. The van der Waals surface area contributed by atoms with Gasteiger partial charge in [0.1, 0.15) is 0 Å². The van der Waals surface area contributed by atoms with Crippen molar-refractivity contribution in [3.63, 3.8) is 0 Å². The van der Waals surface area contributed by atoms with E-state index in [-0.39, 0.29) is 67.1 Å². The Bertz CT molecular complexity index is 966. The van der Waals surface area contributed by atoms with Crippen molar-refractivity contribution in [2.45, 2.75) is 25.7 Å². The van der Waals surface area contributed by atoms with E-state index < -0.39 is 58.1 Å². The zero-order valence-electron chi connectivity index (χ0n) is 17.9. The van der Waals surface area contributed by atoms with Crippen molar-refractivity contribution in [3.8, 4) is 0 Å². The van der Waals surface area contributed by atoms with Crippen LogP contribution in [0, 0.1) is 0 Å². The summed E-state index contributed by atoms with van der Waals surface area (Å²) in [5.41, 5.74) is 4.57. The van der Waals surface area contributed by atoms with E-state index in [1.165, 1.54) is 0 Å². The van der Waals surface area contributed by atoms with Crippen molar-refractivity contribution in [1.82, 2.24) is 0 Å². The minimum atomic E-state index is -4.05. The monoisotopic (exact) mass is 641 g/mol. The summed E-state index contributed by atoms with van der Waals surface area (Å²) in [5, 5.41) is 0. The maximum atomic E-state index is 11.0. The molecular formula is C13H32NNaO14S6. The first-order valence-electron chi connectivity index (χ1n) is 9.11. The molecule has 0 spiro atoms. The van der Waals surface area contributed by atoms with Crippen LogP contribution in [0.4, 0.5) is 4.79 Å². The van der Waals surface area contributed by atoms with Crippen molar-refractivity contribution in [3.05, 3.63) is 0 Å². The van der Waals surface area contributed by atoms with E-state index in [4.69, 9.17) is 13.7 Å². The fourth-order valence-electron chi connectivity index (χ4n) is 1.39. The second-order valence-corrected chi connectivity index (χ2v) is 13.3. The van der Waals surface area contributed by atoms with Crippen molar-refractivity contribution in [1.29, 1.82) is 0 Å². The van der Waals surface area contributed by atoms with Gasteiger partial charge >= 0.3 is 35.7 Å². The molecule has 0 aromatic heterocycles. The first-order chi connectivity index (χ1) is 15.2. The standard InChI is InChI=1S/C6H14O6S3.C4H9NO5S.C3H8O3S2.Na.H/c7-14(8,9)5-1-3-12-15(10,11)6-2-4-13;5-4(6)10-2-1-3-11(7,8)9;4-8(5,6)3-1-2-7;;/h13H,1-6H2,(H,7,8,9);1-3H2,(H2,5,6)(H,7,8,9);7H,1-3H2,(H,4,5,6);;. The molecule has 0 aromatic rings. The van der Waals surface area contributed by atoms with Gasteiger partial charge in [-0.05, 0) is 37.2 Å². The van der Waals surface area contributed by atoms with Gasteiger partial charge in [-0.3, -0.25) is 17.8 Å². The van der Waals surface area contributed by atoms with Crippen LogP contribution in [0.1, 0.15) is 25.7 Å². The average molecular weight is 642 g/mol. The summed E-state index contributed by atoms with van der Waals surface area (Å²) in [5.74, 6) is -0.332. The molecule has 0 unspecified atom stereocenters. The van der Waals surface area contributed by atoms with Gasteiger partial charge in [0, 0.05) is 0 Å². The summed E-state index contributed by atoms with van der Waals surface area (Å²) >= 11 is 7.60. The fraction of sp³-hybridized carbons (Fsp3) is 0.923. The maximum absolute atomic E-state index is 11.0. The molecule has 0 radical (unpaired) electrons. The number of hydrogen-bond donors (Lipinski definition) is 6. The Hall–Kier alpha value is 0.610. The van der Waals surface area contributed by atoms with Crippen LogP contribution in [0.15, 0.2) is 0 Å². The van der Waals surface area contributed by atoms with Crippen LogP contribution < -0.4 is 5.73 Å². The molecule has 0 aromatic carbocycles. The number of carbonyl (C=O) groups excluding carboxylic acids is 1. The average Bonchev–Trinajstić information content (AvgIpc) is 2.64. The van der Waals surface area contributed by atoms with E-state index in [2.05, 4.69) is 39.9 Å². The van der Waals surface area contributed by atoms with Crippen LogP contribution in [0.3, 0.4) is 0 Å². The Morgan fingerprint density at radius 3 is 1.31 bits per heavy atom. The second-order valence-electron chi connectivity index (χ2n) is 5.97. The number of hydrogen-bond acceptors (Lipinski definition) is 13. The zero-order valence-corrected chi connectivity index (χ0v) is 23.0. The van der Waals surface area contributed by atoms with Crippen LogP contribution >= 0.6 is 25.3 Å². The van der Waals surface area contributed by atoms with E-state index in [0.717, 1.165) is 0 Å². The molecule has 0 aliphatic heterocycles. The Morgan fingerprint density at radius 1 is 0.657 bits per heavy atom. The number of ether oxygens (including phenoxy) is 1. The van der Waals surface area contributed by atoms with E-state index in [1.54, 1.807) is 0 Å². The Kier molecular flexibility index (Phi) is 27.5. The minimum absolute atomic E-state index is 0. The van der Waals surface area contributed by atoms with Crippen molar-refractivity contribution in [2.75, 3.05) is 47.7 Å². The molecule has 15 nitrogen and oxygen atoms in total. The third kappa shape index (κ3) is 48.3. The van der Waals surface area contributed by atoms with Gasteiger partial charge in [-0.1, -0.05) is 0 Å². The van der Waals surface area contributed by atoms with Crippen molar-refractivity contribution in [2.24, 2.45) is 5.73 Å². The molecule has 0 saturated carbocycles. The van der Waals surface area contributed by atoms with E-state index in [1.807, 2.05) is 0 Å². The fourth-order valence-corrected chi connectivity index (χ4v) is 4.59. The van der Waals surface area contributed by atoms with Gasteiger partial charge in [0.15, 0.2) is 0 Å². The number of rotatable bonds is 15. The molecule has 0 aliphatic carbocycles. The molecule has 22 heteroatoms. The molecule has 0 rings (SSSR count). The quantitative estimate of drug-likeness (QED) is 0.0405. The topological polar surface area (TPSA) is 259 Å². The number of thiol groups is 2. The number of carbonyl (C=O) groups is 1. The SMILES string of the molecule is NC(=O)OCCCS(=O)(=O)O.O=S(=O)(O)CCCOS(=O)(=O)CCCS.O=S(=O)(O)CCCS.[NaH]. The van der Waals surface area contributed by atoms with Gasteiger partial charge in [0.05, 0.1) is 36.2 Å². The summed E-state index contributed by atoms with van der Waals surface area (Å²) < 4.78 is 116. The molecule has 0 bridgehead atoms. The van der Waals surface area contributed by atoms with Gasteiger partial charge in [0.25, 0.3) is 40.5 Å². The zero-order chi connectivity index (χ0) is 27.5. The molecule has 0 heterocycles. The molecule has 35 heavy (non-hydrogen) atoms. The van der Waals surface area contributed by atoms with Crippen LogP contribution in [0.25, 0.3) is 0 Å². The van der Waals surface area contributed by atoms with Gasteiger partial charge in [-0.15, -0.1) is 0 Å². The second kappa shape index (κ2) is 22.6. The normalized spacial score (nSPS) is 11.7. The van der Waals surface area contributed by atoms with Crippen LogP contribution in [-0.4, -0.2) is 131 Å². The summed E-state index contributed by atoms with van der Waals surface area (Å²) in [7, 11) is -15.3. The predicted octanol–water partition coefficient (Wildman–Crippen LogP) is -1.16. The Labute approximate surface area is 239 Å². The van der Waals surface area contributed by atoms with E-state index >= 15 is 0 Å². The number of nitrogens with two attached hydrogens (primary N) is 1. The van der Waals surface area contributed by atoms with Gasteiger partial charge in [0.2, 0.25) is 0 Å². The van der Waals surface area contributed by atoms with Crippen LogP contribution in [-0.2, 0) is 49.4 Å². The van der Waals surface area contributed by atoms with Crippen LogP contribution in [0.5, 0.6) is 0 Å². The first kappa shape index (κ1) is 42.7. The van der Waals surface area contributed by atoms with Crippen molar-refractivity contribution < 1.29 is 61.0 Å². The molecule has 0 aliphatic rings. The molecular weight excluding hydrogens is 610 g/mol. The van der Waals surface area contributed by atoms with E-state index in [0.29, 0.717) is 24.3 Å². The summed E-state index contributed by atoms with van der Waals surface area (Å²) in [6.07, 6.45) is -0.188. The van der Waals surface area contributed by atoms with Crippen molar-refractivity contribution >= 4 is 101 Å². The molecule has 0 atom stereocenters. The Morgan fingerprint density at radius 2 is 1.00 bits per heavy atom. The first-order valence-corrected chi connectivity index (χ1v) is 16.8. The third-order valence-electron chi connectivity index (χ3n) is 2.71. The predicted molar refractivity (Wildman–Crippen MR) is 138 cm³/mol. The molecule has 1 amide bonds. The molecule has 5 N–H and O–H groups in total. The summed E-state index contributed by atoms with van der Waals surface area (Å²) in [4.78, 5) is 9.91. The number of amides is 1. The third-order valence-corrected chi connectivity index (χ3v) is 7.07. The Balaban J connectivity index is -0.000000213. The van der Waals surface area contributed by atoms with Gasteiger partial charge < -0.3 is 10.5 Å². The van der Waals surface area contributed by atoms with Gasteiger partial charge in [-0.25, -0.2) is 4.79 Å². The number of primary amides is 1. The van der Waals surface area contributed by atoms with Gasteiger partial charge in [-0.2, -0.15) is 58.9 Å².